The summed E-state index contributed by atoms with van der Waals surface area (Å²) < 4.78 is 11.5. The molecule has 0 saturated heterocycles. The molecule has 2 aromatic heterocycles. The van der Waals surface area contributed by atoms with Gasteiger partial charge < -0.3 is 19.6 Å². The van der Waals surface area contributed by atoms with E-state index >= 15 is 0 Å². The summed E-state index contributed by atoms with van der Waals surface area (Å²) >= 11 is 0. The number of nitrogens with one attached hydrogen (secondary N) is 1. The van der Waals surface area contributed by atoms with Gasteiger partial charge >= 0.3 is 0 Å². The van der Waals surface area contributed by atoms with Gasteiger partial charge in [-0.1, -0.05) is 48.5 Å². The van der Waals surface area contributed by atoms with Gasteiger partial charge in [-0.25, -0.2) is 9.97 Å². The van der Waals surface area contributed by atoms with Crippen LogP contribution in [0, 0.1) is 0 Å². The normalized spacial score (nSPS) is 10.9. The van der Waals surface area contributed by atoms with Crippen LogP contribution in [0.2, 0.25) is 0 Å². The van der Waals surface area contributed by atoms with Crippen LogP contribution >= 0.6 is 0 Å². The second kappa shape index (κ2) is 7.84. The maximum Gasteiger partial charge on any atom is 0.232 e. The van der Waals surface area contributed by atoms with Crippen LogP contribution in [-0.2, 0) is 0 Å². The molecule has 0 unspecified atom stereocenters. The van der Waals surface area contributed by atoms with Crippen LogP contribution in [0.1, 0.15) is 0 Å². The van der Waals surface area contributed by atoms with Crippen molar-refractivity contribution in [3.05, 3.63) is 85.2 Å². The number of benzene rings is 3. The van der Waals surface area contributed by atoms with Gasteiger partial charge in [0.2, 0.25) is 5.71 Å². The van der Waals surface area contributed by atoms with Crippen molar-refractivity contribution in [2.45, 2.75) is 0 Å². The predicted molar refractivity (Wildman–Crippen MR) is 121 cm³/mol. The van der Waals surface area contributed by atoms with Crippen molar-refractivity contribution < 1.29 is 14.3 Å². The number of hydrogen-bond acceptors (Lipinski definition) is 6. The van der Waals surface area contributed by atoms with Gasteiger partial charge in [0.25, 0.3) is 0 Å². The second-order valence-corrected chi connectivity index (χ2v) is 6.98. The fraction of sp³-hybridized carbons (Fsp3) is 0.0400. The van der Waals surface area contributed by atoms with E-state index in [-0.39, 0.29) is 5.75 Å². The Balaban J connectivity index is 1.75. The zero-order chi connectivity index (χ0) is 21.2. The molecule has 0 spiro atoms. The van der Waals surface area contributed by atoms with Gasteiger partial charge in [-0.3, -0.25) is 0 Å². The Labute approximate surface area is 178 Å². The molecule has 5 aromatic rings. The summed E-state index contributed by atoms with van der Waals surface area (Å²) in [5.41, 5.74) is 3.96. The van der Waals surface area contributed by atoms with Crippen LogP contribution < -0.4 is 10.1 Å². The van der Waals surface area contributed by atoms with E-state index in [9.17, 15) is 5.11 Å². The molecule has 0 radical (unpaired) electrons. The number of rotatable bonds is 5. The first kappa shape index (κ1) is 18.7. The maximum absolute atomic E-state index is 9.84. The van der Waals surface area contributed by atoms with Crippen molar-refractivity contribution >= 4 is 22.6 Å². The van der Waals surface area contributed by atoms with E-state index in [0.717, 1.165) is 27.8 Å². The number of phenolic OH excluding ortho intramolecular Hbond substituents is 1. The number of furan rings is 1. The van der Waals surface area contributed by atoms with Gasteiger partial charge in [0.05, 0.1) is 12.5 Å². The Morgan fingerprint density at radius 3 is 2.42 bits per heavy atom. The Morgan fingerprint density at radius 1 is 0.871 bits per heavy atom. The Hall–Kier alpha value is -4.32. The number of anilines is 2. The average Bonchev–Trinajstić information content (AvgIpc) is 3.20. The lowest BCUT2D eigenvalue weighted by atomic mass is 9.99. The molecule has 31 heavy (non-hydrogen) atoms. The molecule has 6 nitrogen and oxygen atoms in total. The number of aromatic hydroxyl groups is 1. The molecule has 152 valence electrons. The van der Waals surface area contributed by atoms with Crippen molar-refractivity contribution in [2.75, 3.05) is 12.4 Å². The van der Waals surface area contributed by atoms with Crippen molar-refractivity contribution in [2.24, 2.45) is 0 Å². The third-order valence-electron chi connectivity index (χ3n) is 5.01. The fourth-order valence-electron chi connectivity index (χ4n) is 3.57. The molecule has 2 N–H and O–H groups in total. The van der Waals surface area contributed by atoms with Gasteiger partial charge in [-0.2, -0.15) is 0 Å². The molecule has 2 heterocycles. The number of fused-ring (bicyclic) bond motifs is 1. The molecule has 3 aromatic carbocycles. The Bertz CT molecular complexity index is 1350. The zero-order valence-electron chi connectivity index (χ0n) is 16.7. The number of aromatic nitrogens is 2. The van der Waals surface area contributed by atoms with Gasteiger partial charge in [0.15, 0.2) is 0 Å². The van der Waals surface area contributed by atoms with Crippen LogP contribution in [0.3, 0.4) is 0 Å². The van der Waals surface area contributed by atoms with E-state index in [0.29, 0.717) is 23.0 Å². The first-order valence-electron chi connectivity index (χ1n) is 9.76. The lowest BCUT2D eigenvalue weighted by Crippen LogP contribution is -1.95. The van der Waals surface area contributed by atoms with E-state index in [4.69, 9.17) is 9.15 Å². The Morgan fingerprint density at radius 2 is 1.68 bits per heavy atom. The molecule has 6 heteroatoms. The summed E-state index contributed by atoms with van der Waals surface area (Å²) in [5, 5.41) is 13.9. The minimum absolute atomic E-state index is 0.169. The largest absolute Gasteiger partial charge is 0.508 e. The predicted octanol–water partition coefficient (Wildman–Crippen LogP) is 6.01. The number of nitrogens with zero attached hydrogens (tertiary/aromatic N) is 2. The lowest BCUT2D eigenvalue weighted by molar-refractivity contribution is 0.415. The van der Waals surface area contributed by atoms with Gasteiger partial charge in [0.1, 0.15) is 29.4 Å². The van der Waals surface area contributed by atoms with Crippen LogP contribution in [0.5, 0.6) is 11.5 Å². The monoisotopic (exact) mass is 409 g/mol. The number of ether oxygens (including phenoxy) is 1. The van der Waals surface area contributed by atoms with Gasteiger partial charge in [-0.05, 0) is 29.8 Å². The van der Waals surface area contributed by atoms with Crippen LogP contribution in [0.25, 0.3) is 33.6 Å². The van der Waals surface area contributed by atoms with Crippen molar-refractivity contribution in [1.82, 2.24) is 9.97 Å². The summed E-state index contributed by atoms with van der Waals surface area (Å²) in [6, 6.07) is 24.6. The molecular formula is C25H19N3O3. The van der Waals surface area contributed by atoms with Crippen molar-refractivity contribution in [1.29, 1.82) is 0 Å². The van der Waals surface area contributed by atoms with Gasteiger partial charge in [-0.15, -0.1) is 0 Å². The molecule has 0 fully saturated rings. The SMILES string of the molecule is COc1ccc(-c2c(-c3ccccc3)oc3ncnc(Nc4cccc(O)c4)c23)cc1. The molecule has 5 rings (SSSR count). The summed E-state index contributed by atoms with van der Waals surface area (Å²) in [7, 11) is 1.64. The topological polar surface area (TPSA) is 80.4 Å². The molecule has 0 aliphatic heterocycles. The average molecular weight is 409 g/mol. The van der Waals surface area contributed by atoms with Crippen LogP contribution in [0.15, 0.2) is 89.6 Å². The first-order chi connectivity index (χ1) is 15.2. The van der Waals surface area contributed by atoms with Crippen molar-refractivity contribution in [3.63, 3.8) is 0 Å². The standard InChI is InChI=1S/C25H19N3O3/c1-30-20-12-10-16(11-13-20)21-22-24(28-18-8-5-9-19(29)14-18)26-15-27-25(22)31-23(21)17-6-3-2-4-7-17/h2-15,29H,1H3,(H,26,27,28). The van der Waals surface area contributed by atoms with E-state index < -0.39 is 0 Å². The Kier molecular flexibility index (Phi) is 4.72. The number of phenols is 1. The summed E-state index contributed by atoms with van der Waals surface area (Å²) in [6.07, 6.45) is 1.46. The molecule has 0 aliphatic rings. The number of methoxy groups -OCH3 is 1. The lowest BCUT2D eigenvalue weighted by Gasteiger charge is -2.09. The van der Waals surface area contributed by atoms with E-state index in [2.05, 4.69) is 15.3 Å². The minimum Gasteiger partial charge on any atom is -0.508 e. The quantitative estimate of drug-likeness (QED) is 0.370. The molecule has 0 amide bonds. The molecule has 0 atom stereocenters. The van der Waals surface area contributed by atoms with E-state index in [1.54, 1.807) is 25.3 Å². The highest BCUT2D eigenvalue weighted by Crippen LogP contribution is 2.43. The minimum atomic E-state index is 0.169. The highest BCUT2D eigenvalue weighted by molar-refractivity contribution is 6.06. The second-order valence-electron chi connectivity index (χ2n) is 6.98. The van der Waals surface area contributed by atoms with E-state index in [1.807, 2.05) is 60.7 Å². The number of hydrogen-bond donors (Lipinski definition) is 2. The van der Waals surface area contributed by atoms with Crippen molar-refractivity contribution in [3.8, 4) is 33.9 Å². The third-order valence-corrected chi connectivity index (χ3v) is 5.01. The molecule has 0 bridgehead atoms. The molecule has 0 saturated carbocycles. The zero-order valence-corrected chi connectivity index (χ0v) is 16.7. The highest BCUT2D eigenvalue weighted by atomic mass is 16.5. The fourth-order valence-corrected chi connectivity index (χ4v) is 3.57. The smallest absolute Gasteiger partial charge is 0.232 e. The van der Waals surface area contributed by atoms with Crippen LogP contribution in [-0.4, -0.2) is 22.2 Å². The molecule has 0 aliphatic carbocycles. The maximum atomic E-state index is 9.84. The highest BCUT2D eigenvalue weighted by Gasteiger charge is 2.22. The summed E-state index contributed by atoms with van der Waals surface area (Å²) in [5.74, 6) is 2.24. The third kappa shape index (κ3) is 3.55. The van der Waals surface area contributed by atoms with Gasteiger partial charge in [0, 0.05) is 22.9 Å². The van der Waals surface area contributed by atoms with E-state index in [1.165, 1.54) is 6.33 Å². The first-order valence-corrected chi connectivity index (χ1v) is 9.76. The van der Waals surface area contributed by atoms with Crippen LogP contribution in [0.4, 0.5) is 11.5 Å². The summed E-state index contributed by atoms with van der Waals surface area (Å²) in [6.45, 7) is 0. The molecular weight excluding hydrogens is 390 g/mol. The summed E-state index contributed by atoms with van der Waals surface area (Å²) in [4.78, 5) is 8.85.